The Bertz CT molecular complexity index is 204. The molecule has 13 heavy (non-hydrogen) atoms. The minimum Gasteiger partial charge on any atom is -0.371 e. The molecule has 1 rings (SSSR count). The summed E-state index contributed by atoms with van der Waals surface area (Å²) >= 11 is 0. The van der Waals surface area contributed by atoms with Crippen molar-refractivity contribution in [3.05, 3.63) is 24.7 Å². The molecule has 1 atom stereocenters. The molecule has 0 heterocycles. The van der Waals surface area contributed by atoms with Crippen LogP contribution in [0, 0.1) is 0 Å². The van der Waals surface area contributed by atoms with Crippen molar-refractivity contribution in [2.24, 2.45) is 0 Å². The van der Waals surface area contributed by atoms with Gasteiger partial charge in [-0.05, 0) is 24.4 Å². The average molecular weight is 197 g/mol. The molecule has 0 aromatic carbocycles. The Labute approximate surface area is 84.1 Å². The van der Waals surface area contributed by atoms with Crippen LogP contribution in [0.1, 0.15) is 32.1 Å². The molecule has 0 bridgehead atoms. The van der Waals surface area contributed by atoms with E-state index in [0.29, 0.717) is 0 Å². The van der Waals surface area contributed by atoms with Gasteiger partial charge >= 0.3 is 0 Å². The summed E-state index contributed by atoms with van der Waals surface area (Å²) in [6, 6.07) is 0. The van der Waals surface area contributed by atoms with E-state index >= 15 is 0 Å². The van der Waals surface area contributed by atoms with Gasteiger partial charge in [0.1, 0.15) is 0 Å². The molecule has 0 N–H and O–H groups in total. The van der Waals surface area contributed by atoms with E-state index < -0.39 is 0 Å². The molecule has 0 saturated heterocycles. The summed E-state index contributed by atoms with van der Waals surface area (Å²) in [5.74, 6) is 0. The highest BCUT2D eigenvalue weighted by atomic mass is 31.0. The number of hydrogen-bond acceptors (Lipinski definition) is 1. The first-order chi connectivity index (χ1) is 6.13. The van der Waals surface area contributed by atoms with Crippen molar-refractivity contribution >= 4 is 9.24 Å². The van der Waals surface area contributed by atoms with Crippen LogP contribution in [0.2, 0.25) is 0 Å². The molecule has 0 aliphatic heterocycles. The molecular weight excluding hydrogens is 177 g/mol. The molecule has 1 fully saturated rings. The van der Waals surface area contributed by atoms with Crippen LogP contribution in [-0.2, 0) is 0 Å². The molecule has 0 amide bonds. The summed E-state index contributed by atoms with van der Waals surface area (Å²) in [5, 5.41) is 1.20. The first-order valence-corrected chi connectivity index (χ1v) is 5.51. The molecule has 2 heteroatoms. The van der Waals surface area contributed by atoms with Gasteiger partial charge in [0, 0.05) is 7.05 Å². The number of hydrogen-bond donors (Lipinski definition) is 0. The molecule has 0 aromatic heterocycles. The first-order valence-electron chi connectivity index (χ1n) is 4.94. The zero-order chi connectivity index (χ0) is 9.90. The molecule has 74 valence electrons. The van der Waals surface area contributed by atoms with Crippen molar-refractivity contribution in [2.75, 3.05) is 7.05 Å². The van der Waals surface area contributed by atoms with Crippen molar-refractivity contribution in [1.82, 2.24) is 4.90 Å². The van der Waals surface area contributed by atoms with E-state index in [9.17, 15) is 0 Å². The van der Waals surface area contributed by atoms with Crippen LogP contribution in [-0.4, -0.2) is 17.5 Å². The van der Waals surface area contributed by atoms with Crippen molar-refractivity contribution in [3.8, 4) is 0 Å². The SMILES string of the molecule is C=CN(C)C1(C(=C)P)CCCCC1. The lowest BCUT2D eigenvalue weighted by Gasteiger charge is -2.44. The summed E-state index contributed by atoms with van der Waals surface area (Å²) in [5.41, 5.74) is 0.171. The van der Waals surface area contributed by atoms with E-state index in [0.717, 1.165) is 0 Å². The summed E-state index contributed by atoms with van der Waals surface area (Å²) in [7, 11) is 4.87. The molecular formula is C11H20NP. The third-order valence-corrected chi connectivity index (χ3v) is 3.76. The number of rotatable bonds is 3. The van der Waals surface area contributed by atoms with Crippen molar-refractivity contribution in [2.45, 2.75) is 37.6 Å². The number of nitrogens with zero attached hydrogens (tertiary/aromatic N) is 1. The van der Waals surface area contributed by atoms with Crippen molar-refractivity contribution < 1.29 is 0 Å². The van der Waals surface area contributed by atoms with Crippen LogP contribution in [0.15, 0.2) is 24.7 Å². The van der Waals surface area contributed by atoms with Gasteiger partial charge in [-0.1, -0.05) is 32.4 Å². The highest BCUT2D eigenvalue weighted by Crippen LogP contribution is 2.40. The fraction of sp³-hybridized carbons (Fsp3) is 0.636. The van der Waals surface area contributed by atoms with Gasteiger partial charge < -0.3 is 4.90 Å². The van der Waals surface area contributed by atoms with Crippen LogP contribution in [0.3, 0.4) is 0 Å². The minimum absolute atomic E-state index is 0.171. The maximum Gasteiger partial charge on any atom is 0.0638 e. The van der Waals surface area contributed by atoms with E-state index in [1.54, 1.807) is 0 Å². The summed E-state index contributed by atoms with van der Waals surface area (Å²) in [6.45, 7) is 7.93. The van der Waals surface area contributed by atoms with Gasteiger partial charge in [0.25, 0.3) is 0 Å². The summed E-state index contributed by atoms with van der Waals surface area (Å²) in [6.07, 6.45) is 8.35. The Hall–Kier alpha value is -0.290. The van der Waals surface area contributed by atoms with Gasteiger partial charge in [-0.3, -0.25) is 0 Å². The standard InChI is InChI=1S/C11H20NP/c1-4-12(3)11(10(2)13)8-6-5-7-9-11/h4H,1-2,5-9,13H2,3H3. The predicted molar refractivity (Wildman–Crippen MR) is 62.6 cm³/mol. The Morgan fingerprint density at radius 1 is 1.38 bits per heavy atom. The molecule has 1 saturated carbocycles. The van der Waals surface area contributed by atoms with Gasteiger partial charge in [-0.15, -0.1) is 9.24 Å². The van der Waals surface area contributed by atoms with Crippen LogP contribution < -0.4 is 0 Å². The maximum absolute atomic E-state index is 4.09. The lowest BCUT2D eigenvalue weighted by Crippen LogP contribution is -2.45. The molecule has 1 unspecified atom stereocenters. The smallest absolute Gasteiger partial charge is 0.0638 e. The average Bonchev–Trinajstić information content (AvgIpc) is 2.17. The van der Waals surface area contributed by atoms with Crippen LogP contribution in [0.25, 0.3) is 0 Å². The normalized spacial score (nSPS) is 20.8. The molecule has 0 spiro atoms. The second-order valence-corrected chi connectivity index (χ2v) is 4.61. The molecule has 0 aromatic rings. The second-order valence-electron chi connectivity index (χ2n) is 3.91. The fourth-order valence-corrected chi connectivity index (χ4v) is 2.70. The summed E-state index contributed by atoms with van der Waals surface area (Å²) in [4.78, 5) is 2.22. The van der Waals surface area contributed by atoms with E-state index in [1.165, 1.54) is 37.4 Å². The van der Waals surface area contributed by atoms with Gasteiger partial charge in [0.05, 0.1) is 5.54 Å². The van der Waals surface area contributed by atoms with Crippen LogP contribution in [0.5, 0.6) is 0 Å². The zero-order valence-electron chi connectivity index (χ0n) is 8.55. The van der Waals surface area contributed by atoms with Crippen LogP contribution in [0.4, 0.5) is 0 Å². The lowest BCUT2D eigenvalue weighted by atomic mass is 9.80. The third-order valence-electron chi connectivity index (χ3n) is 3.23. The minimum atomic E-state index is 0.171. The molecule has 1 nitrogen and oxygen atoms in total. The van der Waals surface area contributed by atoms with Gasteiger partial charge in [-0.25, -0.2) is 0 Å². The quantitative estimate of drug-likeness (QED) is 0.628. The Morgan fingerprint density at radius 3 is 2.31 bits per heavy atom. The van der Waals surface area contributed by atoms with E-state index in [2.05, 4.69) is 34.3 Å². The molecule has 0 radical (unpaired) electrons. The first kappa shape index (κ1) is 10.8. The lowest BCUT2D eigenvalue weighted by molar-refractivity contribution is 0.169. The van der Waals surface area contributed by atoms with E-state index in [4.69, 9.17) is 0 Å². The zero-order valence-corrected chi connectivity index (χ0v) is 9.71. The molecule has 1 aliphatic carbocycles. The van der Waals surface area contributed by atoms with Gasteiger partial charge in [-0.2, -0.15) is 0 Å². The number of likely N-dealkylation sites (N-methyl/N-ethyl adjacent to an activating group) is 1. The highest BCUT2D eigenvalue weighted by molar-refractivity contribution is 7.22. The molecule has 1 aliphatic rings. The van der Waals surface area contributed by atoms with Crippen molar-refractivity contribution in [3.63, 3.8) is 0 Å². The fourth-order valence-electron chi connectivity index (χ4n) is 2.21. The Morgan fingerprint density at radius 2 is 1.92 bits per heavy atom. The Balaban J connectivity index is 2.84. The topological polar surface area (TPSA) is 3.24 Å². The van der Waals surface area contributed by atoms with Gasteiger partial charge in [0.15, 0.2) is 0 Å². The summed E-state index contributed by atoms with van der Waals surface area (Å²) < 4.78 is 0. The second kappa shape index (κ2) is 4.28. The van der Waals surface area contributed by atoms with E-state index in [-0.39, 0.29) is 5.54 Å². The van der Waals surface area contributed by atoms with E-state index in [1.807, 2.05) is 6.20 Å². The monoisotopic (exact) mass is 197 g/mol. The van der Waals surface area contributed by atoms with Crippen LogP contribution >= 0.6 is 9.24 Å². The largest absolute Gasteiger partial charge is 0.371 e. The van der Waals surface area contributed by atoms with Gasteiger partial charge in [0.2, 0.25) is 0 Å². The Kier molecular flexibility index (Phi) is 3.55. The maximum atomic E-state index is 4.09. The third kappa shape index (κ3) is 1.96. The van der Waals surface area contributed by atoms with Crippen molar-refractivity contribution in [1.29, 1.82) is 0 Å². The highest BCUT2D eigenvalue weighted by Gasteiger charge is 2.35. The predicted octanol–water partition coefficient (Wildman–Crippen LogP) is 3.15.